The van der Waals surface area contributed by atoms with Gasteiger partial charge in [0.15, 0.2) is 6.79 Å². The summed E-state index contributed by atoms with van der Waals surface area (Å²) < 4.78 is 12.5. The fourth-order valence-corrected chi connectivity index (χ4v) is 3.02. The lowest BCUT2D eigenvalue weighted by atomic mass is 10.1. The van der Waals surface area contributed by atoms with Crippen molar-refractivity contribution in [1.29, 1.82) is 0 Å². The average molecular weight is 349 g/mol. The molecule has 0 fully saturated rings. The predicted octanol–water partition coefficient (Wildman–Crippen LogP) is 3.69. The molecule has 0 amide bonds. The van der Waals surface area contributed by atoms with E-state index in [4.69, 9.17) is 9.47 Å². The summed E-state index contributed by atoms with van der Waals surface area (Å²) in [5.74, 6) is -0.861. The van der Waals surface area contributed by atoms with Crippen LogP contribution in [0.2, 0.25) is 25.7 Å². The van der Waals surface area contributed by atoms with Gasteiger partial charge >= 0.3 is 5.97 Å². The lowest BCUT2D eigenvalue weighted by Crippen LogP contribution is -2.22. The van der Waals surface area contributed by atoms with Crippen molar-refractivity contribution in [2.75, 3.05) is 13.4 Å². The molecule has 1 aromatic heterocycles. The Kier molecular flexibility index (Phi) is 5.46. The molecule has 0 aliphatic carbocycles. The second-order valence-electron chi connectivity index (χ2n) is 6.90. The molecule has 0 bridgehead atoms. The van der Waals surface area contributed by atoms with Crippen molar-refractivity contribution in [2.24, 2.45) is 0 Å². The summed E-state index contributed by atoms with van der Waals surface area (Å²) in [5, 5.41) is 9.94. The van der Waals surface area contributed by atoms with E-state index in [1.807, 2.05) is 0 Å². The zero-order valence-corrected chi connectivity index (χ0v) is 15.5. The highest BCUT2D eigenvalue weighted by Crippen LogP contribution is 2.29. The van der Waals surface area contributed by atoms with Crippen LogP contribution in [0.25, 0.3) is 10.9 Å². The second-order valence-corrected chi connectivity index (χ2v) is 12.5. The van der Waals surface area contributed by atoms with E-state index in [2.05, 4.69) is 19.6 Å². The summed E-state index contributed by atoms with van der Waals surface area (Å²) in [4.78, 5) is 23.0. The van der Waals surface area contributed by atoms with E-state index in [9.17, 15) is 14.7 Å². The van der Waals surface area contributed by atoms with E-state index in [1.54, 1.807) is 12.3 Å². The zero-order valence-electron chi connectivity index (χ0n) is 14.5. The number of ether oxygens (including phenoxy) is 2. The minimum Gasteiger partial charge on any atom is -0.478 e. The first kappa shape index (κ1) is 18.2. The number of rotatable bonds is 7. The Morgan fingerprint density at radius 3 is 2.54 bits per heavy atom. The number of aromatic carboxylic acids is 1. The number of aromatic nitrogens is 1. The van der Waals surface area contributed by atoms with Gasteiger partial charge in [0.05, 0.1) is 11.1 Å². The number of benzene rings is 1. The third-order valence-corrected chi connectivity index (χ3v) is 5.35. The number of nitrogens with zero attached hydrogens (tertiary/aromatic N) is 1. The van der Waals surface area contributed by atoms with E-state index < -0.39 is 14.0 Å². The summed E-state index contributed by atoms with van der Waals surface area (Å²) >= 11 is 0. The highest BCUT2D eigenvalue weighted by atomic mass is 28.3. The summed E-state index contributed by atoms with van der Waals surface area (Å²) in [5.41, 5.74) is 0.584. The van der Waals surface area contributed by atoms with Crippen LogP contribution in [0.3, 0.4) is 0 Å². The van der Waals surface area contributed by atoms with Crippen molar-refractivity contribution in [2.45, 2.75) is 32.6 Å². The lowest BCUT2D eigenvalue weighted by Gasteiger charge is -2.16. The molecule has 2 rings (SSSR count). The molecule has 24 heavy (non-hydrogen) atoms. The van der Waals surface area contributed by atoms with Gasteiger partial charge < -0.3 is 14.6 Å². The van der Waals surface area contributed by atoms with Crippen LogP contribution in [0.15, 0.2) is 24.4 Å². The van der Waals surface area contributed by atoms with E-state index >= 15 is 0 Å². The molecule has 0 aliphatic rings. The number of carboxylic acid groups (broad SMARTS) is 1. The maximum Gasteiger partial charge on any atom is 0.335 e. The van der Waals surface area contributed by atoms with Gasteiger partial charge in [0, 0.05) is 33.2 Å². The Morgan fingerprint density at radius 2 is 1.96 bits per heavy atom. The van der Waals surface area contributed by atoms with Gasteiger partial charge in [-0.15, -0.1) is 0 Å². The molecule has 130 valence electrons. The van der Waals surface area contributed by atoms with Gasteiger partial charge in [-0.1, -0.05) is 19.6 Å². The fourth-order valence-electron chi connectivity index (χ4n) is 2.27. The highest BCUT2D eigenvalue weighted by molar-refractivity contribution is 6.76. The molecule has 0 saturated heterocycles. The van der Waals surface area contributed by atoms with Crippen molar-refractivity contribution < 1.29 is 24.2 Å². The Hall–Kier alpha value is -2.12. The first-order valence-electron chi connectivity index (χ1n) is 7.79. The van der Waals surface area contributed by atoms with Crippen LogP contribution in [-0.4, -0.2) is 43.0 Å². The van der Waals surface area contributed by atoms with Crippen LogP contribution >= 0.6 is 0 Å². The second kappa shape index (κ2) is 7.19. The van der Waals surface area contributed by atoms with Gasteiger partial charge in [-0.2, -0.15) is 0 Å². The molecule has 0 saturated carbocycles. The number of hydrogen-bond donors (Lipinski definition) is 1. The highest BCUT2D eigenvalue weighted by Gasteiger charge is 2.15. The molecule has 1 aromatic carbocycles. The summed E-state index contributed by atoms with van der Waals surface area (Å²) in [6.45, 7) is 8.89. The monoisotopic (exact) mass is 349 g/mol. The van der Waals surface area contributed by atoms with Gasteiger partial charge in [0.25, 0.3) is 0 Å². The van der Waals surface area contributed by atoms with Crippen LogP contribution in [-0.2, 0) is 4.74 Å². The normalized spacial score (nSPS) is 11.7. The molecule has 0 atom stereocenters. The SMILES string of the molecule is CC(=O)n1ccc2c(OCOCC[Si](C)(C)C)cc(C(=O)O)cc21. The van der Waals surface area contributed by atoms with E-state index in [1.165, 1.54) is 23.6 Å². The minimum absolute atomic E-state index is 0.0495. The Bertz CT molecular complexity index is 760. The van der Waals surface area contributed by atoms with Gasteiger partial charge in [-0.3, -0.25) is 9.36 Å². The lowest BCUT2D eigenvalue weighted by molar-refractivity contribution is 0.0228. The largest absolute Gasteiger partial charge is 0.478 e. The zero-order chi connectivity index (χ0) is 17.9. The molecule has 0 spiro atoms. The molecule has 0 radical (unpaired) electrons. The average Bonchev–Trinajstić information content (AvgIpc) is 2.89. The number of carbonyl (C=O) groups excluding carboxylic acids is 1. The van der Waals surface area contributed by atoms with Crippen LogP contribution in [0.5, 0.6) is 5.75 Å². The molecule has 1 N–H and O–H groups in total. The summed E-state index contributed by atoms with van der Waals surface area (Å²) in [6.07, 6.45) is 1.61. The third-order valence-electron chi connectivity index (χ3n) is 3.65. The van der Waals surface area contributed by atoms with Crippen LogP contribution in [0, 0.1) is 0 Å². The molecule has 2 aromatic rings. The Morgan fingerprint density at radius 1 is 1.25 bits per heavy atom. The van der Waals surface area contributed by atoms with Gasteiger partial charge in [-0.25, -0.2) is 4.79 Å². The maximum absolute atomic E-state index is 11.7. The Labute approximate surface area is 142 Å². The van der Waals surface area contributed by atoms with Crippen molar-refractivity contribution in [3.05, 3.63) is 30.0 Å². The fraction of sp³-hybridized carbons (Fsp3) is 0.412. The Balaban J connectivity index is 2.19. The standard InChI is InChI=1S/C17H23NO5Si/c1-12(19)18-6-5-14-15(18)9-13(17(20)21)10-16(14)23-11-22-7-8-24(2,3)4/h5-6,9-10H,7-8,11H2,1-4H3,(H,20,21). The van der Waals surface area contributed by atoms with Crippen LogP contribution in [0.1, 0.15) is 22.1 Å². The van der Waals surface area contributed by atoms with E-state index in [0.29, 0.717) is 23.3 Å². The van der Waals surface area contributed by atoms with Crippen molar-refractivity contribution in [3.8, 4) is 5.75 Å². The molecular weight excluding hydrogens is 326 g/mol. The number of hydrogen-bond acceptors (Lipinski definition) is 4. The topological polar surface area (TPSA) is 77.8 Å². The van der Waals surface area contributed by atoms with Crippen molar-refractivity contribution in [3.63, 3.8) is 0 Å². The first-order chi connectivity index (χ1) is 11.2. The third kappa shape index (κ3) is 4.45. The van der Waals surface area contributed by atoms with Gasteiger partial charge in [0.1, 0.15) is 5.75 Å². The van der Waals surface area contributed by atoms with Crippen molar-refractivity contribution in [1.82, 2.24) is 4.57 Å². The molecule has 6 nitrogen and oxygen atoms in total. The van der Waals surface area contributed by atoms with Crippen LogP contribution in [0.4, 0.5) is 0 Å². The number of fused-ring (bicyclic) bond motifs is 1. The quantitative estimate of drug-likeness (QED) is 0.468. The van der Waals surface area contributed by atoms with Crippen molar-refractivity contribution >= 4 is 30.9 Å². The summed E-state index contributed by atoms with van der Waals surface area (Å²) in [6, 6.07) is 5.69. The van der Waals surface area contributed by atoms with Gasteiger partial charge in [0.2, 0.25) is 5.91 Å². The van der Waals surface area contributed by atoms with E-state index in [0.717, 1.165) is 6.04 Å². The van der Waals surface area contributed by atoms with Crippen LogP contribution < -0.4 is 4.74 Å². The number of carboxylic acids is 1. The molecule has 0 aliphatic heterocycles. The van der Waals surface area contributed by atoms with Gasteiger partial charge in [-0.05, 0) is 24.2 Å². The predicted molar refractivity (Wildman–Crippen MR) is 94.8 cm³/mol. The smallest absolute Gasteiger partial charge is 0.335 e. The minimum atomic E-state index is -1.16. The molecule has 7 heteroatoms. The maximum atomic E-state index is 11.7. The molecular formula is C17H23NO5Si. The summed E-state index contributed by atoms with van der Waals surface area (Å²) in [7, 11) is -1.16. The molecule has 0 unspecified atom stereocenters. The number of carbonyl (C=O) groups is 2. The first-order valence-corrected chi connectivity index (χ1v) is 11.5. The molecule has 1 heterocycles. The van der Waals surface area contributed by atoms with E-state index in [-0.39, 0.29) is 18.3 Å².